The van der Waals surface area contributed by atoms with Gasteiger partial charge >= 0.3 is 6.09 Å². The highest BCUT2D eigenvalue weighted by Gasteiger charge is 2.46. The van der Waals surface area contributed by atoms with Crippen LogP contribution in [0.4, 0.5) is 4.79 Å². The first-order valence-electron chi connectivity index (χ1n) is 5.04. The minimum Gasteiger partial charge on any atom is -0.465 e. The van der Waals surface area contributed by atoms with E-state index in [0.717, 1.165) is 12.8 Å². The molecule has 2 rings (SSSR count). The molecular formula is C9H16N2O3. The van der Waals surface area contributed by atoms with E-state index >= 15 is 0 Å². The molecule has 5 heteroatoms. The zero-order valence-corrected chi connectivity index (χ0v) is 8.18. The molecule has 0 radical (unpaired) electrons. The Morgan fingerprint density at radius 2 is 2.29 bits per heavy atom. The van der Waals surface area contributed by atoms with Crippen molar-refractivity contribution in [3.63, 3.8) is 0 Å². The predicted molar refractivity (Wildman–Crippen MR) is 50.1 cm³/mol. The Morgan fingerprint density at radius 3 is 2.86 bits per heavy atom. The van der Waals surface area contributed by atoms with Gasteiger partial charge in [-0.2, -0.15) is 0 Å². The second-order valence-electron chi connectivity index (χ2n) is 4.16. The van der Waals surface area contributed by atoms with Gasteiger partial charge in [0.1, 0.15) is 0 Å². The molecule has 0 aromatic heterocycles. The van der Waals surface area contributed by atoms with Gasteiger partial charge in [0.15, 0.2) is 0 Å². The third-order valence-corrected chi connectivity index (χ3v) is 3.29. The number of aliphatic hydroxyl groups is 1. The highest BCUT2D eigenvalue weighted by Crippen LogP contribution is 2.30. The van der Waals surface area contributed by atoms with Crippen molar-refractivity contribution in [2.24, 2.45) is 0 Å². The van der Waals surface area contributed by atoms with E-state index in [9.17, 15) is 9.90 Å². The average Bonchev–Trinajstić information content (AvgIpc) is 2.40. The van der Waals surface area contributed by atoms with Crippen molar-refractivity contribution < 1.29 is 15.0 Å². The number of nitrogens with one attached hydrogen (secondary N) is 1. The number of carbonyl (C=O) groups is 1. The summed E-state index contributed by atoms with van der Waals surface area (Å²) in [5.74, 6) is 0. The van der Waals surface area contributed by atoms with E-state index in [-0.39, 0.29) is 18.1 Å². The topological polar surface area (TPSA) is 72.8 Å². The maximum Gasteiger partial charge on any atom is 0.407 e. The van der Waals surface area contributed by atoms with Gasteiger partial charge in [0.05, 0.1) is 18.2 Å². The molecule has 0 aliphatic carbocycles. The molecule has 1 unspecified atom stereocenters. The molecular weight excluding hydrogens is 184 g/mol. The maximum absolute atomic E-state index is 11.0. The molecule has 5 nitrogen and oxygen atoms in total. The highest BCUT2D eigenvalue weighted by molar-refractivity contribution is 5.67. The van der Waals surface area contributed by atoms with Gasteiger partial charge in [-0.3, -0.25) is 4.90 Å². The first kappa shape index (κ1) is 9.73. The normalized spacial score (nSPS) is 38.4. The summed E-state index contributed by atoms with van der Waals surface area (Å²) in [4.78, 5) is 12.5. The van der Waals surface area contributed by atoms with Crippen LogP contribution in [-0.2, 0) is 0 Å². The first-order valence-corrected chi connectivity index (χ1v) is 5.04. The van der Waals surface area contributed by atoms with Crippen LogP contribution in [0.5, 0.6) is 0 Å². The van der Waals surface area contributed by atoms with Crippen LogP contribution in [0.25, 0.3) is 0 Å². The molecule has 14 heavy (non-hydrogen) atoms. The molecule has 2 aliphatic heterocycles. The predicted octanol–water partition coefficient (Wildman–Crippen LogP) is -0.150. The molecule has 2 bridgehead atoms. The highest BCUT2D eigenvalue weighted by atomic mass is 16.4. The first-order chi connectivity index (χ1) is 6.61. The lowest BCUT2D eigenvalue weighted by Gasteiger charge is -2.40. The number of piperazine rings is 1. The Morgan fingerprint density at radius 1 is 1.57 bits per heavy atom. The van der Waals surface area contributed by atoms with Crippen LogP contribution in [0.1, 0.15) is 19.8 Å². The summed E-state index contributed by atoms with van der Waals surface area (Å²) >= 11 is 0. The summed E-state index contributed by atoms with van der Waals surface area (Å²) in [6.07, 6.45) is 0.415. The lowest BCUT2D eigenvalue weighted by atomic mass is 10.0. The Kier molecular flexibility index (Phi) is 2.36. The summed E-state index contributed by atoms with van der Waals surface area (Å²) in [6.45, 7) is 2.37. The van der Waals surface area contributed by atoms with Crippen molar-refractivity contribution in [1.82, 2.24) is 10.2 Å². The van der Waals surface area contributed by atoms with Gasteiger partial charge in [0.25, 0.3) is 0 Å². The number of carboxylic acid groups (broad SMARTS) is 1. The van der Waals surface area contributed by atoms with Crippen LogP contribution in [-0.4, -0.2) is 52.0 Å². The van der Waals surface area contributed by atoms with E-state index in [1.165, 1.54) is 4.90 Å². The molecule has 0 spiro atoms. The summed E-state index contributed by atoms with van der Waals surface area (Å²) in [5, 5.41) is 21.8. The van der Waals surface area contributed by atoms with Gasteiger partial charge in [-0.1, -0.05) is 0 Å². The zero-order valence-electron chi connectivity index (χ0n) is 8.18. The van der Waals surface area contributed by atoms with Crippen molar-refractivity contribution >= 4 is 6.09 Å². The van der Waals surface area contributed by atoms with E-state index in [1.807, 2.05) is 0 Å². The molecule has 4 atom stereocenters. The Hall–Kier alpha value is -0.810. The molecule has 80 valence electrons. The molecule has 0 saturated carbocycles. The second-order valence-corrected chi connectivity index (χ2v) is 4.16. The summed E-state index contributed by atoms with van der Waals surface area (Å²) in [6, 6.07) is -0.0522. The Labute approximate surface area is 82.7 Å². The van der Waals surface area contributed by atoms with Gasteiger partial charge in [-0.05, 0) is 19.8 Å². The van der Waals surface area contributed by atoms with Crippen molar-refractivity contribution in [2.75, 3.05) is 6.54 Å². The minimum atomic E-state index is -0.857. The van der Waals surface area contributed by atoms with Crippen molar-refractivity contribution in [3.8, 4) is 0 Å². The third kappa shape index (κ3) is 1.36. The quantitative estimate of drug-likeness (QED) is 0.550. The lowest BCUT2D eigenvalue weighted by molar-refractivity contribution is 0.0466. The lowest BCUT2D eigenvalue weighted by Crippen LogP contribution is -2.62. The molecule has 2 heterocycles. The van der Waals surface area contributed by atoms with Crippen molar-refractivity contribution in [3.05, 3.63) is 0 Å². The fraction of sp³-hybridized carbons (Fsp3) is 0.889. The molecule has 0 aromatic carbocycles. The fourth-order valence-corrected chi connectivity index (χ4v) is 2.66. The number of fused-ring (bicyclic) bond motifs is 2. The largest absolute Gasteiger partial charge is 0.465 e. The zero-order chi connectivity index (χ0) is 10.3. The molecule has 2 aliphatic rings. The Balaban J connectivity index is 2.17. The van der Waals surface area contributed by atoms with Crippen LogP contribution in [0, 0.1) is 0 Å². The summed E-state index contributed by atoms with van der Waals surface area (Å²) < 4.78 is 0. The van der Waals surface area contributed by atoms with E-state index in [0.29, 0.717) is 6.54 Å². The van der Waals surface area contributed by atoms with Crippen LogP contribution in [0.3, 0.4) is 0 Å². The van der Waals surface area contributed by atoms with E-state index < -0.39 is 12.2 Å². The standard InChI is InChI=1S/C9H16N2O3/c1-5(12)8-7-3-2-6(4-10-8)11(7)9(13)14/h5-8,10,12H,2-4H2,1H3,(H,13,14)/t5?,6-,7+,8-/m0/s1. The molecule has 0 aromatic rings. The van der Waals surface area contributed by atoms with Crippen LogP contribution < -0.4 is 5.32 Å². The number of hydrogen-bond acceptors (Lipinski definition) is 3. The Bertz CT molecular complexity index is 244. The SMILES string of the molecule is CC(O)[C@@H]1NC[C@@H]2CC[C@H]1N2C(=O)O. The van der Waals surface area contributed by atoms with Gasteiger partial charge < -0.3 is 15.5 Å². The smallest absolute Gasteiger partial charge is 0.407 e. The van der Waals surface area contributed by atoms with E-state index in [2.05, 4.69) is 5.32 Å². The molecule has 2 saturated heterocycles. The average molecular weight is 200 g/mol. The molecule has 2 fully saturated rings. The van der Waals surface area contributed by atoms with E-state index in [1.54, 1.807) is 6.92 Å². The van der Waals surface area contributed by atoms with Gasteiger partial charge in [0.2, 0.25) is 0 Å². The monoisotopic (exact) mass is 200 g/mol. The summed E-state index contributed by atoms with van der Waals surface area (Å²) in [7, 11) is 0. The minimum absolute atomic E-state index is 0.0498. The van der Waals surface area contributed by atoms with Crippen LogP contribution in [0.2, 0.25) is 0 Å². The molecule has 3 N–H and O–H groups in total. The fourth-order valence-electron chi connectivity index (χ4n) is 2.66. The van der Waals surface area contributed by atoms with Gasteiger partial charge in [-0.15, -0.1) is 0 Å². The maximum atomic E-state index is 11.0. The van der Waals surface area contributed by atoms with Crippen molar-refractivity contribution in [2.45, 2.75) is 44.0 Å². The number of rotatable bonds is 1. The van der Waals surface area contributed by atoms with Crippen LogP contribution in [0.15, 0.2) is 0 Å². The van der Waals surface area contributed by atoms with Crippen LogP contribution >= 0.6 is 0 Å². The second kappa shape index (κ2) is 3.40. The van der Waals surface area contributed by atoms with Gasteiger partial charge in [0, 0.05) is 12.6 Å². The van der Waals surface area contributed by atoms with E-state index in [4.69, 9.17) is 5.11 Å². The van der Waals surface area contributed by atoms with Crippen molar-refractivity contribution in [1.29, 1.82) is 0 Å². The third-order valence-electron chi connectivity index (χ3n) is 3.29. The molecule has 1 amide bonds. The van der Waals surface area contributed by atoms with Gasteiger partial charge in [-0.25, -0.2) is 4.79 Å². The number of aliphatic hydroxyl groups excluding tert-OH is 1. The number of hydrogen-bond donors (Lipinski definition) is 3. The summed E-state index contributed by atoms with van der Waals surface area (Å²) in [5.41, 5.74) is 0. The number of nitrogens with zero attached hydrogens (tertiary/aromatic N) is 1. The number of amides is 1.